The summed E-state index contributed by atoms with van der Waals surface area (Å²) in [5.41, 5.74) is 0.537. The van der Waals surface area contributed by atoms with E-state index >= 15 is 0 Å². The predicted molar refractivity (Wildman–Crippen MR) is 67.3 cm³/mol. The molecule has 1 aromatic carbocycles. The Kier molecular flexibility index (Phi) is 2.67. The highest BCUT2D eigenvalue weighted by molar-refractivity contribution is 5.68. The summed E-state index contributed by atoms with van der Waals surface area (Å²) in [4.78, 5) is 4.20. The van der Waals surface area contributed by atoms with Gasteiger partial charge in [-0.2, -0.15) is 13.2 Å². The third kappa shape index (κ3) is 2.09. The second-order valence-electron chi connectivity index (χ2n) is 4.32. The maximum absolute atomic E-state index is 12.6. The summed E-state index contributed by atoms with van der Waals surface area (Å²) in [5, 5.41) is 9.74. The van der Waals surface area contributed by atoms with Gasteiger partial charge in [-0.3, -0.25) is 0 Å². The van der Waals surface area contributed by atoms with Crippen molar-refractivity contribution in [3.63, 3.8) is 0 Å². The molecule has 0 amide bonds. The Morgan fingerprint density at radius 3 is 2.45 bits per heavy atom. The van der Waals surface area contributed by atoms with Crippen LogP contribution in [0.15, 0.2) is 48.8 Å². The predicted octanol–water partition coefficient (Wildman–Crippen LogP) is 3.73. The minimum Gasteiger partial charge on any atom is -0.507 e. The molecule has 0 radical (unpaired) electrons. The molecule has 0 aliphatic heterocycles. The lowest BCUT2D eigenvalue weighted by atomic mass is 10.1. The molecule has 0 saturated carbocycles. The van der Waals surface area contributed by atoms with Gasteiger partial charge in [-0.25, -0.2) is 4.98 Å². The van der Waals surface area contributed by atoms with E-state index in [1.165, 1.54) is 22.7 Å². The molecular weight excluding hydrogens is 269 g/mol. The highest BCUT2D eigenvalue weighted by Crippen LogP contribution is 2.31. The molecule has 0 atom stereocenters. The molecule has 2 aromatic heterocycles. The Bertz CT molecular complexity index is 777. The number of aromatic nitrogens is 2. The van der Waals surface area contributed by atoms with Crippen molar-refractivity contribution in [2.45, 2.75) is 6.18 Å². The number of imidazole rings is 1. The second-order valence-corrected chi connectivity index (χ2v) is 4.32. The van der Waals surface area contributed by atoms with Crippen LogP contribution in [0.25, 0.3) is 16.9 Å². The van der Waals surface area contributed by atoms with Gasteiger partial charge < -0.3 is 9.51 Å². The van der Waals surface area contributed by atoms with Crippen molar-refractivity contribution in [2.24, 2.45) is 0 Å². The van der Waals surface area contributed by atoms with E-state index in [2.05, 4.69) is 4.98 Å². The van der Waals surface area contributed by atoms with E-state index in [1.807, 2.05) is 0 Å². The third-order valence-corrected chi connectivity index (χ3v) is 2.96. The fourth-order valence-corrected chi connectivity index (χ4v) is 1.98. The summed E-state index contributed by atoms with van der Waals surface area (Å²) in [7, 11) is 0. The van der Waals surface area contributed by atoms with Gasteiger partial charge in [-0.05, 0) is 24.3 Å². The van der Waals surface area contributed by atoms with Crippen LogP contribution in [0.4, 0.5) is 13.2 Å². The minimum absolute atomic E-state index is 0.0342. The van der Waals surface area contributed by atoms with Crippen LogP contribution in [-0.2, 0) is 6.18 Å². The van der Waals surface area contributed by atoms with Gasteiger partial charge in [-0.15, -0.1) is 0 Å². The van der Waals surface area contributed by atoms with Crippen molar-refractivity contribution < 1.29 is 18.3 Å². The number of hydrogen-bond donors (Lipinski definition) is 1. The maximum Gasteiger partial charge on any atom is 0.417 e. The van der Waals surface area contributed by atoms with Crippen LogP contribution in [0, 0.1) is 0 Å². The maximum atomic E-state index is 12.6. The summed E-state index contributed by atoms with van der Waals surface area (Å²) in [5.74, 6) is 0.0342. The van der Waals surface area contributed by atoms with E-state index in [-0.39, 0.29) is 5.75 Å². The van der Waals surface area contributed by atoms with Crippen molar-refractivity contribution in [3.8, 4) is 17.0 Å². The van der Waals surface area contributed by atoms with Gasteiger partial charge in [0.25, 0.3) is 0 Å². The molecule has 102 valence electrons. The molecule has 3 nitrogen and oxygen atoms in total. The van der Waals surface area contributed by atoms with Gasteiger partial charge in [0.05, 0.1) is 11.3 Å². The molecule has 1 N–H and O–H groups in total. The highest BCUT2D eigenvalue weighted by atomic mass is 19.4. The monoisotopic (exact) mass is 278 g/mol. The van der Waals surface area contributed by atoms with Crippen molar-refractivity contribution in [1.29, 1.82) is 0 Å². The molecule has 0 fully saturated rings. The van der Waals surface area contributed by atoms with Crippen LogP contribution >= 0.6 is 0 Å². The van der Waals surface area contributed by atoms with Crippen molar-refractivity contribution >= 4 is 5.65 Å². The normalized spacial score (nSPS) is 11.9. The first-order valence-electron chi connectivity index (χ1n) is 5.79. The molecular formula is C14H9F3N2O. The number of para-hydroxylation sites is 1. The number of nitrogens with zero attached hydrogens (tertiary/aromatic N) is 2. The van der Waals surface area contributed by atoms with Crippen LogP contribution in [0.1, 0.15) is 5.56 Å². The van der Waals surface area contributed by atoms with E-state index in [0.717, 1.165) is 12.3 Å². The van der Waals surface area contributed by atoms with Gasteiger partial charge in [0.1, 0.15) is 11.4 Å². The SMILES string of the molecule is Oc1ccccc1-c1cn2cc(C(F)(F)F)ccc2n1. The number of halogens is 3. The molecule has 0 unspecified atom stereocenters. The number of pyridine rings is 1. The van der Waals surface area contributed by atoms with E-state index in [4.69, 9.17) is 0 Å². The average Bonchev–Trinajstić information content (AvgIpc) is 2.80. The number of aromatic hydroxyl groups is 1. The lowest BCUT2D eigenvalue weighted by molar-refractivity contribution is -0.137. The number of alkyl halides is 3. The van der Waals surface area contributed by atoms with Crippen LogP contribution in [0.5, 0.6) is 5.75 Å². The molecule has 3 rings (SSSR count). The molecule has 2 heterocycles. The summed E-state index contributed by atoms with van der Waals surface area (Å²) in [6.07, 6.45) is -1.96. The number of hydrogen-bond acceptors (Lipinski definition) is 2. The van der Waals surface area contributed by atoms with Gasteiger partial charge in [-0.1, -0.05) is 12.1 Å². The van der Waals surface area contributed by atoms with Gasteiger partial charge in [0, 0.05) is 18.0 Å². The smallest absolute Gasteiger partial charge is 0.417 e. The third-order valence-electron chi connectivity index (χ3n) is 2.96. The number of benzene rings is 1. The number of phenolic OH excluding ortho intramolecular Hbond substituents is 1. The molecule has 0 saturated heterocycles. The zero-order chi connectivity index (χ0) is 14.3. The summed E-state index contributed by atoms with van der Waals surface area (Å²) in [6, 6.07) is 8.82. The molecule has 20 heavy (non-hydrogen) atoms. The Morgan fingerprint density at radius 2 is 1.75 bits per heavy atom. The Balaban J connectivity index is 2.14. The highest BCUT2D eigenvalue weighted by Gasteiger charge is 2.30. The van der Waals surface area contributed by atoms with Crippen LogP contribution in [-0.4, -0.2) is 14.5 Å². The lowest BCUT2D eigenvalue weighted by Crippen LogP contribution is -2.05. The van der Waals surface area contributed by atoms with Crippen molar-refractivity contribution in [2.75, 3.05) is 0 Å². The van der Waals surface area contributed by atoms with Crippen molar-refractivity contribution in [1.82, 2.24) is 9.38 Å². The van der Waals surface area contributed by atoms with E-state index in [9.17, 15) is 18.3 Å². The summed E-state index contributed by atoms with van der Waals surface area (Å²) < 4.78 is 39.2. The van der Waals surface area contributed by atoms with Crippen molar-refractivity contribution in [3.05, 3.63) is 54.4 Å². The molecule has 0 aliphatic carbocycles. The van der Waals surface area contributed by atoms with Gasteiger partial charge in [0.15, 0.2) is 0 Å². The van der Waals surface area contributed by atoms with Gasteiger partial charge >= 0.3 is 6.18 Å². The first-order valence-corrected chi connectivity index (χ1v) is 5.79. The fraction of sp³-hybridized carbons (Fsp3) is 0.0714. The zero-order valence-corrected chi connectivity index (χ0v) is 10.1. The molecule has 0 bridgehead atoms. The standard InChI is InChI=1S/C14H9F3N2O/c15-14(16,17)9-5-6-13-18-11(8-19(13)7-9)10-3-1-2-4-12(10)20/h1-8,20H. The van der Waals surface area contributed by atoms with Crippen LogP contribution < -0.4 is 0 Å². The lowest BCUT2D eigenvalue weighted by Gasteiger charge is -2.05. The topological polar surface area (TPSA) is 37.5 Å². The minimum atomic E-state index is -4.40. The van der Waals surface area contributed by atoms with Crippen LogP contribution in [0.2, 0.25) is 0 Å². The van der Waals surface area contributed by atoms with E-state index in [0.29, 0.717) is 16.9 Å². The van der Waals surface area contributed by atoms with E-state index < -0.39 is 11.7 Å². The molecule has 6 heteroatoms. The number of phenols is 1. The number of fused-ring (bicyclic) bond motifs is 1. The number of rotatable bonds is 1. The largest absolute Gasteiger partial charge is 0.507 e. The first-order chi connectivity index (χ1) is 9.45. The molecule has 3 aromatic rings. The fourth-order valence-electron chi connectivity index (χ4n) is 1.98. The molecule has 0 spiro atoms. The Morgan fingerprint density at radius 1 is 1.00 bits per heavy atom. The summed E-state index contributed by atoms with van der Waals surface area (Å²) >= 11 is 0. The second kappa shape index (κ2) is 4.26. The summed E-state index contributed by atoms with van der Waals surface area (Å²) in [6.45, 7) is 0. The van der Waals surface area contributed by atoms with E-state index in [1.54, 1.807) is 18.2 Å². The molecule has 0 aliphatic rings. The Hall–Kier alpha value is -2.50. The van der Waals surface area contributed by atoms with Gasteiger partial charge in [0.2, 0.25) is 0 Å². The zero-order valence-electron chi connectivity index (χ0n) is 10.1. The van der Waals surface area contributed by atoms with Crippen LogP contribution in [0.3, 0.4) is 0 Å². The quantitative estimate of drug-likeness (QED) is 0.736. The first kappa shape index (κ1) is 12.5. The average molecular weight is 278 g/mol. The Labute approximate surface area is 111 Å².